The fourth-order valence-electron chi connectivity index (χ4n) is 2.12. The second-order valence-corrected chi connectivity index (χ2v) is 6.88. The van der Waals surface area contributed by atoms with Crippen LogP contribution in [0.4, 0.5) is 5.13 Å². The number of rotatable bonds is 7. The van der Waals surface area contributed by atoms with Crippen molar-refractivity contribution in [2.45, 2.75) is 37.6 Å². The average Bonchev–Trinajstić information content (AvgIpc) is 2.90. The first-order chi connectivity index (χ1) is 10.7. The smallest absolute Gasteiger partial charge is 0.230 e. The van der Waals surface area contributed by atoms with Crippen molar-refractivity contribution >= 4 is 34.1 Å². The molecular weight excluding hydrogens is 314 g/mol. The lowest BCUT2D eigenvalue weighted by Crippen LogP contribution is -2.14. The number of aromatic nitrogens is 1. The van der Waals surface area contributed by atoms with Gasteiger partial charge in [-0.15, -0.1) is 23.1 Å². The van der Waals surface area contributed by atoms with Crippen LogP contribution in [0.1, 0.15) is 29.5 Å². The summed E-state index contributed by atoms with van der Waals surface area (Å²) in [6.45, 7) is 2.58. The number of amides is 1. The lowest BCUT2D eigenvalue weighted by Gasteiger charge is -2.03. The van der Waals surface area contributed by atoms with Crippen LogP contribution in [0, 0.1) is 0 Å². The summed E-state index contributed by atoms with van der Waals surface area (Å²) in [6, 6.07) is 8.04. The Labute approximate surface area is 139 Å². The topological polar surface area (TPSA) is 68.0 Å². The molecule has 1 aromatic carbocycles. The molecule has 3 N–H and O–H groups in total. The van der Waals surface area contributed by atoms with Crippen molar-refractivity contribution in [1.29, 1.82) is 0 Å². The number of carbonyl (C=O) groups is 1. The largest absolute Gasteiger partial charge is 0.326 e. The van der Waals surface area contributed by atoms with E-state index in [1.165, 1.54) is 16.2 Å². The number of hydrogen-bond donors (Lipinski definition) is 2. The van der Waals surface area contributed by atoms with Gasteiger partial charge in [-0.25, -0.2) is 4.98 Å². The second kappa shape index (κ2) is 8.31. The molecule has 0 saturated carbocycles. The van der Waals surface area contributed by atoms with Crippen LogP contribution in [0.15, 0.2) is 29.2 Å². The number of anilines is 1. The molecule has 4 nitrogen and oxygen atoms in total. The molecule has 0 aliphatic heterocycles. The molecule has 118 valence electrons. The lowest BCUT2D eigenvalue weighted by molar-refractivity contribution is -0.115. The van der Waals surface area contributed by atoms with Crippen molar-refractivity contribution in [2.24, 2.45) is 5.73 Å². The molecule has 1 heterocycles. The van der Waals surface area contributed by atoms with Crippen molar-refractivity contribution in [3.8, 4) is 0 Å². The van der Waals surface area contributed by atoms with Gasteiger partial charge in [-0.1, -0.05) is 25.5 Å². The molecule has 1 amide bonds. The fraction of sp³-hybridized carbons (Fsp3) is 0.375. The molecule has 2 aromatic rings. The van der Waals surface area contributed by atoms with Gasteiger partial charge in [0.15, 0.2) is 5.13 Å². The third-order valence-electron chi connectivity index (χ3n) is 3.22. The van der Waals surface area contributed by atoms with Crippen LogP contribution in [0.3, 0.4) is 0 Å². The van der Waals surface area contributed by atoms with E-state index in [0.29, 0.717) is 18.1 Å². The van der Waals surface area contributed by atoms with E-state index in [1.807, 2.05) is 30.5 Å². The minimum absolute atomic E-state index is 0.0442. The summed E-state index contributed by atoms with van der Waals surface area (Å²) in [5, 5.41) is 3.53. The standard InChI is InChI=1S/C16H21N3OS2/c1-3-4-13-14(10-17)22-16(18-13)19-15(20)9-11-5-7-12(21-2)8-6-11/h5-8H,3-4,9-10,17H2,1-2H3,(H,18,19,20). The third-order valence-corrected chi connectivity index (χ3v) is 5.00. The van der Waals surface area contributed by atoms with Crippen LogP contribution in [-0.2, 0) is 24.2 Å². The maximum absolute atomic E-state index is 12.1. The zero-order chi connectivity index (χ0) is 15.9. The Kier molecular flexibility index (Phi) is 6.42. The van der Waals surface area contributed by atoms with Gasteiger partial charge in [0.2, 0.25) is 5.91 Å². The zero-order valence-electron chi connectivity index (χ0n) is 12.9. The van der Waals surface area contributed by atoms with Gasteiger partial charge in [0.25, 0.3) is 0 Å². The average molecular weight is 335 g/mol. The Hall–Kier alpha value is -1.37. The van der Waals surface area contributed by atoms with Gasteiger partial charge in [0.1, 0.15) is 0 Å². The van der Waals surface area contributed by atoms with E-state index in [1.54, 1.807) is 11.8 Å². The molecule has 0 aliphatic rings. The summed E-state index contributed by atoms with van der Waals surface area (Å²) in [4.78, 5) is 18.9. The van der Waals surface area contributed by atoms with E-state index in [2.05, 4.69) is 17.2 Å². The van der Waals surface area contributed by atoms with E-state index in [-0.39, 0.29) is 5.91 Å². The van der Waals surface area contributed by atoms with Crippen molar-refractivity contribution in [1.82, 2.24) is 4.98 Å². The first-order valence-electron chi connectivity index (χ1n) is 7.27. The molecular formula is C16H21N3OS2. The Morgan fingerprint density at radius 1 is 1.36 bits per heavy atom. The molecule has 0 fully saturated rings. The quantitative estimate of drug-likeness (QED) is 0.760. The number of nitrogens with zero attached hydrogens (tertiary/aromatic N) is 1. The number of hydrogen-bond acceptors (Lipinski definition) is 5. The predicted molar refractivity (Wildman–Crippen MR) is 94.6 cm³/mol. The fourth-order valence-corrected chi connectivity index (χ4v) is 3.43. The number of nitrogens with two attached hydrogens (primary N) is 1. The van der Waals surface area contributed by atoms with Gasteiger partial charge in [-0.2, -0.15) is 0 Å². The highest BCUT2D eigenvalue weighted by atomic mass is 32.2. The maximum atomic E-state index is 12.1. The maximum Gasteiger partial charge on any atom is 0.230 e. The number of nitrogens with one attached hydrogen (secondary N) is 1. The van der Waals surface area contributed by atoms with Crippen LogP contribution in [0.2, 0.25) is 0 Å². The zero-order valence-corrected chi connectivity index (χ0v) is 14.5. The van der Waals surface area contributed by atoms with Crippen LogP contribution in [0.5, 0.6) is 0 Å². The van der Waals surface area contributed by atoms with Crippen molar-refractivity contribution < 1.29 is 4.79 Å². The van der Waals surface area contributed by atoms with E-state index in [0.717, 1.165) is 29.0 Å². The third kappa shape index (κ3) is 4.56. The molecule has 0 aliphatic carbocycles. The molecule has 6 heteroatoms. The highest BCUT2D eigenvalue weighted by Crippen LogP contribution is 2.24. The van der Waals surface area contributed by atoms with E-state index in [9.17, 15) is 4.79 Å². The van der Waals surface area contributed by atoms with E-state index in [4.69, 9.17) is 5.73 Å². The number of thioether (sulfide) groups is 1. The predicted octanol–water partition coefficient (Wildman–Crippen LogP) is 3.46. The minimum atomic E-state index is -0.0442. The molecule has 1 aromatic heterocycles. The second-order valence-electron chi connectivity index (χ2n) is 4.92. The van der Waals surface area contributed by atoms with Crippen LogP contribution in [0.25, 0.3) is 0 Å². The number of aryl methyl sites for hydroxylation is 1. The number of thiazole rings is 1. The van der Waals surface area contributed by atoms with Gasteiger partial charge in [0, 0.05) is 16.3 Å². The summed E-state index contributed by atoms with van der Waals surface area (Å²) in [5.74, 6) is -0.0442. The van der Waals surface area contributed by atoms with E-state index >= 15 is 0 Å². The molecule has 22 heavy (non-hydrogen) atoms. The van der Waals surface area contributed by atoms with Gasteiger partial charge in [-0.3, -0.25) is 4.79 Å². The number of benzene rings is 1. The van der Waals surface area contributed by atoms with E-state index < -0.39 is 0 Å². The number of carbonyl (C=O) groups excluding carboxylic acids is 1. The molecule has 0 spiro atoms. The summed E-state index contributed by atoms with van der Waals surface area (Å²) in [5.41, 5.74) is 7.74. The first-order valence-corrected chi connectivity index (χ1v) is 9.31. The molecule has 2 rings (SSSR count). The molecule has 0 bridgehead atoms. The van der Waals surface area contributed by atoms with Gasteiger partial charge in [-0.05, 0) is 30.4 Å². The van der Waals surface area contributed by atoms with Gasteiger partial charge < -0.3 is 11.1 Å². The first kappa shape index (κ1) is 17.0. The van der Waals surface area contributed by atoms with Crippen LogP contribution < -0.4 is 11.1 Å². The Morgan fingerprint density at radius 3 is 2.68 bits per heavy atom. The molecule has 0 atom stereocenters. The molecule has 0 radical (unpaired) electrons. The molecule has 0 saturated heterocycles. The Morgan fingerprint density at radius 2 is 2.09 bits per heavy atom. The van der Waals surface area contributed by atoms with Crippen LogP contribution in [-0.4, -0.2) is 17.1 Å². The Bertz CT molecular complexity index is 623. The van der Waals surface area contributed by atoms with Crippen LogP contribution >= 0.6 is 23.1 Å². The summed E-state index contributed by atoms with van der Waals surface area (Å²) >= 11 is 3.16. The summed E-state index contributed by atoms with van der Waals surface area (Å²) in [7, 11) is 0. The highest BCUT2D eigenvalue weighted by Gasteiger charge is 2.12. The Balaban J connectivity index is 1.98. The summed E-state index contributed by atoms with van der Waals surface area (Å²) in [6.07, 6.45) is 4.31. The molecule has 0 unspecified atom stereocenters. The van der Waals surface area contributed by atoms with Crippen molar-refractivity contribution in [3.05, 3.63) is 40.4 Å². The highest BCUT2D eigenvalue weighted by molar-refractivity contribution is 7.98. The monoisotopic (exact) mass is 335 g/mol. The van der Waals surface area contributed by atoms with Crippen molar-refractivity contribution in [3.63, 3.8) is 0 Å². The minimum Gasteiger partial charge on any atom is -0.326 e. The summed E-state index contributed by atoms with van der Waals surface area (Å²) < 4.78 is 0. The lowest BCUT2D eigenvalue weighted by atomic mass is 10.1. The van der Waals surface area contributed by atoms with Gasteiger partial charge in [0.05, 0.1) is 12.1 Å². The van der Waals surface area contributed by atoms with Gasteiger partial charge >= 0.3 is 0 Å². The SMILES string of the molecule is CCCc1nc(NC(=O)Cc2ccc(SC)cc2)sc1CN. The van der Waals surface area contributed by atoms with Crippen molar-refractivity contribution in [2.75, 3.05) is 11.6 Å². The normalized spacial score (nSPS) is 10.7.